The van der Waals surface area contributed by atoms with Crippen LogP contribution in [0.2, 0.25) is 0 Å². The first-order valence-electron chi connectivity index (χ1n) is 7.84. The van der Waals surface area contributed by atoms with E-state index in [0.717, 1.165) is 25.7 Å². The van der Waals surface area contributed by atoms with E-state index in [1.54, 1.807) is 30.3 Å². The fourth-order valence-electron chi connectivity index (χ4n) is 2.36. The molecule has 24 heavy (non-hydrogen) atoms. The molecule has 6 nitrogen and oxygen atoms in total. The predicted octanol–water partition coefficient (Wildman–Crippen LogP) is 2.57. The minimum absolute atomic E-state index is 0.0505. The normalized spacial score (nSPS) is 14.0. The topological polar surface area (TPSA) is 78.9 Å². The molecule has 0 heterocycles. The summed E-state index contributed by atoms with van der Waals surface area (Å²) in [6.45, 7) is 2.95. The monoisotopic (exact) mass is 332 g/mol. The zero-order valence-corrected chi connectivity index (χ0v) is 13.4. The number of rotatable bonds is 7. The maximum absolute atomic E-state index is 11.7. The Morgan fingerprint density at radius 2 is 1.71 bits per heavy atom. The lowest BCUT2D eigenvalue weighted by molar-refractivity contribution is -0.153. The molecular weight excluding hydrogens is 312 g/mol. The van der Waals surface area contributed by atoms with Crippen molar-refractivity contribution in [3.05, 3.63) is 42.5 Å². The minimum Gasteiger partial charge on any atom is -0.462 e. The summed E-state index contributed by atoms with van der Waals surface area (Å²) in [5.41, 5.74) is -0.0505. The summed E-state index contributed by atoms with van der Waals surface area (Å²) >= 11 is 0. The van der Waals surface area contributed by atoms with Gasteiger partial charge in [0.1, 0.15) is 11.9 Å². The van der Waals surface area contributed by atoms with Gasteiger partial charge in [-0.05, 0) is 37.8 Å². The highest BCUT2D eigenvalue weighted by atomic mass is 16.6. The Labute approximate surface area is 140 Å². The quantitative estimate of drug-likeness (QED) is 0.434. The van der Waals surface area contributed by atoms with E-state index in [-0.39, 0.29) is 18.1 Å². The van der Waals surface area contributed by atoms with Gasteiger partial charge in [0.05, 0.1) is 6.42 Å². The molecule has 6 heteroatoms. The third-order valence-corrected chi connectivity index (χ3v) is 3.54. The third-order valence-electron chi connectivity index (χ3n) is 3.54. The molecule has 1 fully saturated rings. The molecule has 1 saturated carbocycles. The zero-order valence-electron chi connectivity index (χ0n) is 13.4. The van der Waals surface area contributed by atoms with Gasteiger partial charge in [0.2, 0.25) is 0 Å². The molecule has 2 rings (SSSR count). The van der Waals surface area contributed by atoms with Gasteiger partial charge < -0.3 is 14.2 Å². The summed E-state index contributed by atoms with van der Waals surface area (Å²) in [7, 11) is 0. The second kappa shape index (κ2) is 8.86. The number of benzene rings is 1. The first kappa shape index (κ1) is 17.7. The van der Waals surface area contributed by atoms with Gasteiger partial charge in [-0.25, -0.2) is 9.59 Å². The second-order valence-electron chi connectivity index (χ2n) is 5.54. The molecule has 0 saturated heterocycles. The Morgan fingerprint density at radius 3 is 2.38 bits per heavy atom. The van der Waals surface area contributed by atoms with E-state index in [9.17, 15) is 14.4 Å². The largest absolute Gasteiger partial charge is 0.462 e. The summed E-state index contributed by atoms with van der Waals surface area (Å²) < 4.78 is 15.0. The Hall–Kier alpha value is -2.63. The summed E-state index contributed by atoms with van der Waals surface area (Å²) in [5.74, 6) is -1.67. The minimum atomic E-state index is -0.816. The first-order valence-corrected chi connectivity index (χ1v) is 7.84. The van der Waals surface area contributed by atoms with Crippen LogP contribution in [0.1, 0.15) is 32.1 Å². The van der Waals surface area contributed by atoms with Crippen LogP contribution in [0.3, 0.4) is 0 Å². The van der Waals surface area contributed by atoms with Crippen LogP contribution in [0.4, 0.5) is 0 Å². The molecule has 0 aliphatic heterocycles. The molecule has 0 amide bonds. The van der Waals surface area contributed by atoms with Gasteiger partial charge in [-0.1, -0.05) is 24.8 Å². The Kier molecular flexibility index (Phi) is 6.54. The Morgan fingerprint density at radius 1 is 1.04 bits per heavy atom. The van der Waals surface area contributed by atoms with E-state index in [2.05, 4.69) is 6.58 Å². The number of hydrogen-bond acceptors (Lipinski definition) is 6. The highest BCUT2D eigenvalue weighted by Crippen LogP contribution is 2.21. The van der Waals surface area contributed by atoms with Gasteiger partial charge in [-0.15, -0.1) is 0 Å². The highest BCUT2D eigenvalue weighted by Gasteiger charge is 2.21. The van der Waals surface area contributed by atoms with Crippen LogP contribution in [-0.4, -0.2) is 30.6 Å². The van der Waals surface area contributed by atoms with Gasteiger partial charge in [-0.3, -0.25) is 4.79 Å². The molecule has 0 N–H and O–H groups in total. The molecule has 0 bridgehead atoms. The summed E-state index contributed by atoms with van der Waals surface area (Å²) in [6, 6.07) is 8.43. The number of ether oxygens (including phenoxy) is 3. The molecule has 1 aromatic rings. The summed E-state index contributed by atoms with van der Waals surface area (Å²) in [6.07, 6.45) is 3.49. The van der Waals surface area contributed by atoms with E-state index >= 15 is 0 Å². The van der Waals surface area contributed by atoms with Crippen LogP contribution >= 0.6 is 0 Å². The third kappa shape index (κ3) is 5.87. The van der Waals surface area contributed by atoms with Crippen LogP contribution < -0.4 is 4.74 Å². The van der Waals surface area contributed by atoms with Crippen molar-refractivity contribution >= 4 is 17.9 Å². The lowest BCUT2D eigenvalue weighted by Gasteiger charge is -2.12. The maximum atomic E-state index is 11.7. The number of para-hydroxylation sites is 1. The van der Waals surface area contributed by atoms with Crippen molar-refractivity contribution in [1.29, 1.82) is 0 Å². The molecule has 0 aromatic heterocycles. The van der Waals surface area contributed by atoms with Crippen LogP contribution in [0, 0.1) is 0 Å². The molecule has 128 valence electrons. The van der Waals surface area contributed by atoms with Crippen molar-refractivity contribution in [2.45, 2.75) is 38.2 Å². The van der Waals surface area contributed by atoms with Crippen LogP contribution in [0.15, 0.2) is 42.5 Å². The van der Waals surface area contributed by atoms with E-state index in [0.29, 0.717) is 5.75 Å². The standard InChI is InChI=1S/C18H20O6/c1-13(11-16(19)23-14-9-5-6-10-14)18(21)22-12-17(20)24-15-7-3-2-4-8-15/h2-4,7-8,14H,1,5-6,9-12H2. The van der Waals surface area contributed by atoms with E-state index < -0.39 is 24.5 Å². The predicted molar refractivity (Wildman–Crippen MR) is 85.1 cm³/mol. The highest BCUT2D eigenvalue weighted by molar-refractivity contribution is 5.94. The zero-order chi connectivity index (χ0) is 17.4. The number of carbonyl (C=O) groups is 3. The number of carbonyl (C=O) groups excluding carboxylic acids is 3. The number of hydrogen-bond donors (Lipinski definition) is 0. The molecule has 0 spiro atoms. The van der Waals surface area contributed by atoms with E-state index in [4.69, 9.17) is 14.2 Å². The molecule has 0 atom stereocenters. The fourth-order valence-corrected chi connectivity index (χ4v) is 2.36. The average molecular weight is 332 g/mol. The summed E-state index contributed by atoms with van der Waals surface area (Å²) in [5, 5.41) is 0. The van der Waals surface area contributed by atoms with Gasteiger partial charge >= 0.3 is 17.9 Å². The number of esters is 3. The van der Waals surface area contributed by atoms with Crippen molar-refractivity contribution in [2.24, 2.45) is 0 Å². The van der Waals surface area contributed by atoms with Crippen LogP contribution in [0.5, 0.6) is 5.75 Å². The lowest BCUT2D eigenvalue weighted by atomic mass is 10.2. The van der Waals surface area contributed by atoms with Gasteiger partial charge in [0.25, 0.3) is 0 Å². The second-order valence-corrected chi connectivity index (χ2v) is 5.54. The van der Waals surface area contributed by atoms with Crippen molar-refractivity contribution in [3.8, 4) is 5.75 Å². The van der Waals surface area contributed by atoms with E-state index in [1.807, 2.05) is 0 Å². The van der Waals surface area contributed by atoms with Crippen molar-refractivity contribution in [2.75, 3.05) is 6.61 Å². The average Bonchev–Trinajstić information content (AvgIpc) is 3.06. The SMILES string of the molecule is C=C(CC(=O)OC1CCCC1)C(=O)OCC(=O)Oc1ccccc1. The molecule has 1 aliphatic rings. The molecule has 1 aromatic carbocycles. The maximum Gasteiger partial charge on any atom is 0.349 e. The smallest absolute Gasteiger partial charge is 0.349 e. The van der Waals surface area contributed by atoms with Gasteiger partial charge in [0, 0.05) is 5.57 Å². The molecule has 0 radical (unpaired) electrons. The fraction of sp³-hybridized carbons (Fsp3) is 0.389. The molecule has 1 aliphatic carbocycles. The molecule has 0 unspecified atom stereocenters. The Balaban J connectivity index is 1.68. The van der Waals surface area contributed by atoms with Crippen molar-refractivity contribution in [1.82, 2.24) is 0 Å². The Bertz CT molecular complexity index is 601. The lowest BCUT2D eigenvalue weighted by Crippen LogP contribution is -2.21. The van der Waals surface area contributed by atoms with Crippen molar-refractivity contribution < 1.29 is 28.6 Å². The summed E-state index contributed by atoms with van der Waals surface area (Å²) in [4.78, 5) is 35.0. The van der Waals surface area contributed by atoms with Gasteiger partial charge in [-0.2, -0.15) is 0 Å². The first-order chi connectivity index (χ1) is 11.5. The van der Waals surface area contributed by atoms with Gasteiger partial charge in [0.15, 0.2) is 6.61 Å². The van der Waals surface area contributed by atoms with E-state index in [1.165, 1.54) is 0 Å². The molecular formula is C18H20O6. The van der Waals surface area contributed by atoms with Crippen LogP contribution in [0.25, 0.3) is 0 Å². The van der Waals surface area contributed by atoms with Crippen molar-refractivity contribution in [3.63, 3.8) is 0 Å². The van der Waals surface area contributed by atoms with Crippen LogP contribution in [-0.2, 0) is 23.9 Å².